The molecule has 3 heterocycles. The molecule has 0 radical (unpaired) electrons. The zero-order valence-corrected chi connectivity index (χ0v) is 19.6. The molecule has 1 fully saturated rings. The number of likely N-dealkylation sites (tertiary alicyclic amines) is 1. The Bertz CT molecular complexity index is 1340. The van der Waals surface area contributed by atoms with E-state index in [9.17, 15) is 18.8 Å². The Labute approximate surface area is 200 Å². The van der Waals surface area contributed by atoms with Gasteiger partial charge in [0.2, 0.25) is 5.91 Å². The number of esters is 1. The molecule has 2 amide bonds. The Morgan fingerprint density at radius 2 is 1.88 bits per heavy atom. The van der Waals surface area contributed by atoms with Crippen LogP contribution in [0.4, 0.5) is 4.39 Å². The molecule has 0 N–H and O–H groups in total. The molecule has 1 spiro atoms. The molecule has 176 valence electrons. The van der Waals surface area contributed by atoms with E-state index in [2.05, 4.69) is 0 Å². The molecular weight excluding hydrogens is 461 g/mol. The van der Waals surface area contributed by atoms with Crippen molar-refractivity contribution in [3.8, 4) is 0 Å². The number of amides is 2. The first-order chi connectivity index (χ1) is 16.2. The number of likely N-dealkylation sites (N-methyl/N-ethyl adjacent to an activating group) is 1. The Kier molecular flexibility index (Phi) is 5.36. The molecule has 3 aromatic rings. The normalized spacial score (nSPS) is 16.6. The van der Waals surface area contributed by atoms with Crippen LogP contribution in [-0.4, -0.2) is 59.3 Å². The number of benzene rings is 2. The number of halogens is 2. The highest BCUT2D eigenvalue weighted by molar-refractivity contribution is 6.31. The minimum Gasteiger partial charge on any atom is -0.450 e. The maximum absolute atomic E-state index is 13.6. The standard InChI is InChI=1S/C25H23ClFN3O4/c1-28(2)22(31)14-30-13-19(17-5-3-15(26)11-21(17)30)23(32)29-9-7-25(8-10-29)20-6-4-16(27)12-18(20)24(33)34-25/h3-6,11-13H,7-10,14H2,1-2H3. The molecule has 0 aliphatic carbocycles. The average molecular weight is 484 g/mol. The lowest BCUT2D eigenvalue weighted by atomic mass is 9.83. The van der Waals surface area contributed by atoms with Crippen molar-refractivity contribution in [2.75, 3.05) is 27.2 Å². The van der Waals surface area contributed by atoms with Crippen LogP contribution in [0.3, 0.4) is 0 Å². The Morgan fingerprint density at radius 1 is 1.15 bits per heavy atom. The summed E-state index contributed by atoms with van der Waals surface area (Å²) < 4.78 is 21.1. The van der Waals surface area contributed by atoms with Crippen molar-refractivity contribution in [1.29, 1.82) is 0 Å². The number of carbonyl (C=O) groups is 3. The average Bonchev–Trinajstić information content (AvgIpc) is 3.28. The molecular formula is C25H23ClFN3O4. The van der Waals surface area contributed by atoms with Crippen LogP contribution in [0.25, 0.3) is 10.9 Å². The first kappa shape index (κ1) is 22.4. The number of rotatable bonds is 3. The van der Waals surface area contributed by atoms with Gasteiger partial charge in [0, 0.05) is 62.2 Å². The highest BCUT2D eigenvalue weighted by Gasteiger charge is 2.48. The number of ether oxygens (including phenoxy) is 1. The van der Waals surface area contributed by atoms with Crippen LogP contribution in [0, 0.1) is 5.82 Å². The Balaban J connectivity index is 1.41. The van der Waals surface area contributed by atoms with Crippen molar-refractivity contribution in [3.05, 3.63) is 70.1 Å². The summed E-state index contributed by atoms with van der Waals surface area (Å²) in [6.07, 6.45) is 2.54. The number of carbonyl (C=O) groups excluding carboxylic acids is 3. The first-order valence-electron chi connectivity index (χ1n) is 11.0. The van der Waals surface area contributed by atoms with Gasteiger partial charge in [-0.05, 0) is 24.3 Å². The van der Waals surface area contributed by atoms with Gasteiger partial charge in [0.25, 0.3) is 5.91 Å². The van der Waals surface area contributed by atoms with E-state index in [1.54, 1.807) is 54.0 Å². The SMILES string of the molecule is CN(C)C(=O)Cn1cc(C(=O)N2CCC3(CC2)OC(=O)c2cc(F)ccc23)c2ccc(Cl)cc21. The molecule has 5 rings (SSSR count). The van der Waals surface area contributed by atoms with E-state index >= 15 is 0 Å². The minimum absolute atomic E-state index is 0.0868. The summed E-state index contributed by atoms with van der Waals surface area (Å²) in [5.41, 5.74) is 1.29. The molecule has 0 bridgehead atoms. The minimum atomic E-state index is -0.837. The molecule has 2 aliphatic rings. The number of hydrogen-bond donors (Lipinski definition) is 0. The summed E-state index contributed by atoms with van der Waals surface area (Å²) in [6.45, 7) is 0.836. The lowest BCUT2D eigenvalue weighted by molar-refractivity contribution is -0.129. The van der Waals surface area contributed by atoms with Crippen molar-refractivity contribution in [2.24, 2.45) is 0 Å². The predicted octanol–water partition coefficient (Wildman–Crippen LogP) is 3.82. The maximum Gasteiger partial charge on any atom is 0.339 e. The van der Waals surface area contributed by atoms with Gasteiger partial charge in [0.05, 0.1) is 16.6 Å². The van der Waals surface area contributed by atoms with Crippen LogP contribution in [0.2, 0.25) is 5.02 Å². The van der Waals surface area contributed by atoms with E-state index in [1.807, 2.05) is 0 Å². The third-order valence-corrected chi connectivity index (χ3v) is 6.95. The second-order valence-electron chi connectivity index (χ2n) is 8.99. The quantitative estimate of drug-likeness (QED) is 0.531. The van der Waals surface area contributed by atoms with Gasteiger partial charge in [-0.15, -0.1) is 0 Å². The molecule has 0 unspecified atom stereocenters. The summed E-state index contributed by atoms with van der Waals surface area (Å²) >= 11 is 6.19. The monoisotopic (exact) mass is 483 g/mol. The molecule has 2 aliphatic heterocycles. The lowest BCUT2D eigenvalue weighted by Crippen LogP contribution is -2.45. The van der Waals surface area contributed by atoms with Gasteiger partial charge in [-0.1, -0.05) is 23.7 Å². The van der Waals surface area contributed by atoms with Gasteiger partial charge in [-0.2, -0.15) is 0 Å². The molecule has 0 atom stereocenters. The van der Waals surface area contributed by atoms with Crippen molar-refractivity contribution in [1.82, 2.24) is 14.4 Å². The topological polar surface area (TPSA) is 71.8 Å². The second kappa shape index (κ2) is 8.13. The van der Waals surface area contributed by atoms with E-state index in [0.29, 0.717) is 53.0 Å². The number of piperidine rings is 1. The molecule has 1 aromatic heterocycles. The molecule has 1 saturated heterocycles. The van der Waals surface area contributed by atoms with Gasteiger partial charge in [0.15, 0.2) is 0 Å². The van der Waals surface area contributed by atoms with Crippen molar-refractivity contribution in [2.45, 2.75) is 25.0 Å². The van der Waals surface area contributed by atoms with Gasteiger partial charge in [-0.3, -0.25) is 9.59 Å². The zero-order valence-electron chi connectivity index (χ0n) is 18.8. The highest BCUT2D eigenvalue weighted by Crippen LogP contribution is 2.44. The third kappa shape index (κ3) is 3.62. The first-order valence-corrected chi connectivity index (χ1v) is 11.4. The van der Waals surface area contributed by atoms with Gasteiger partial charge in [-0.25, -0.2) is 9.18 Å². The number of aromatic nitrogens is 1. The van der Waals surface area contributed by atoms with E-state index in [1.165, 1.54) is 17.0 Å². The number of hydrogen-bond acceptors (Lipinski definition) is 4. The molecule has 34 heavy (non-hydrogen) atoms. The zero-order chi connectivity index (χ0) is 24.2. The lowest BCUT2D eigenvalue weighted by Gasteiger charge is -2.38. The van der Waals surface area contributed by atoms with Crippen LogP contribution in [-0.2, 0) is 21.7 Å². The van der Waals surface area contributed by atoms with Crippen LogP contribution in [0.15, 0.2) is 42.6 Å². The molecule has 0 saturated carbocycles. The summed E-state index contributed by atoms with van der Waals surface area (Å²) in [6, 6.07) is 9.39. The van der Waals surface area contributed by atoms with Gasteiger partial charge in [0.1, 0.15) is 18.0 Å². The van der Waals surface area contributed by atoms with Gasteiger partial charge >= 0.3 is 5.97 Å². The highest BCUT2D eigenvalue weighted by atomic mass is 35.5. The fraction of sp³-hybridized carbons (Fsp3) is 0.320. The van der Waals surface area contributed by atoms with Crippen LogP contribution in [0.1, 0.15) is 39.1 Å². The Morgan fingerprint density at radius 3 is 2.59 bits per heavy atom. The van der Waals surface area contributed by atoms with E-state index < -0.39 is 17.4 Å². The fourth-order valence-electron chi connectivity index (χ4n) is 4.84. The van der Waals surface area contributed by atoms with Gasteiger partial charge < -0.3 is 19.1 Å². The summed E-state index contributed by atoms with van der Waals surface area (Å²) in [5, 5.41) is 1.23. The van der Waals surface area contributed by atoms with E-state index in [0.717, 1.165) is 0 Å². The van der Waals surface area contributed by atoms with Crippen molar-refractivity contribution >= 4 is 40.3 Å². The predicted molar refractivity (Wildman–Crippen MR) is 124 cm³/mol. The van der Waals surface area contributed by atoms with E-state index in [-0.39, 0.29) is 23.9 Å². The molecule has 7 nitrogen and oxygen atoms in total. The molecule has 9 heteroatoms. The largest absolute Gasteiger partial charge is 0.450 e. The number of nitrogens with zero attached hydrogens (tertiary/aromatic N) is 3. The second-order valence-corrected chi connectivity index (χ2v) is 9.42. The fourth-order valence-corrected chi connectivity index (χ4v) is 5.00. The smallest absolute Gasteiger partial charge is 0.339 e. The number of fused-ring (bicyclic) bond motifs is 3. The summed E-state index contributed by atoms with van der Waals surface area (Å²) in [4.78, 5) is 41.4. The third-order valence-electron chi connectivity index (χ3n) is 6.72. The van der Waals surface area contributed by atoms with Crippen LogP contribution in [0.5, 0.6) is 0 Å². The van der Waals surface area contributed by atoms with E-state index in [4.69, 9.17) is 16.3 Å². The van der Waals surface area contributed by atoms with Crippen LogP contribution >= 0.6 is 11.6 Å². The Hall–Kier alpha value is -3.39. The van der Waals surface area contributed by atoms with Crippen molar-refractivity contribution in [3.63, 3.8) is 0 Å². The summed E-state index contributed by atoms with van der Waals surface area (Å²) in [7, 11) is 3.36. The van der Waals surface area contributed by atoms with Crippen LogP contribution < -0.4 is 0 Å². The maximum atomic E-state index is 13.6. The molecule has 2 aromatic carbocycles. The van der Waals surface area contributed by atoms with Crippen molar-refractivity contribution < 1.29 is 23.5 Å². The summed E-state index contributed by atoms with van der Waals surface area (Å²) in [5.74, 6) is -1.28.